The molecule has 0 amide bonds. The Morgan fingerprint density at radius 1 is 0.900 bits per heavy atom. The molecule has 0 unspecified atom stereocenters. The van der Waals surface area contributed by atoms with E-state index in [1.54, 1.807) is 7.11 Å². The van der Waals surface area contributed by atoms with Crippen LogP contribution in [0.2, 0.25) is 0 Å². The van der Waals surface area contributed by atoms with Crippen LogP contribution >= 0.6 is 0 Å². The number of unbranched alkanes of at least 4 members (excludes halogenated alkanes) is 1. The number of hydrogen-bond donors (Lipinski definition) is 0. The lowest BCUT2D eigenvalue weighted by Gasteiger charge is -2.10. The molecule has 0 radical (unpaired) electrons. The third-order valence-corrected chi connectivity index (χ3v) is 3.37. The van der Waals surface area contributed by atoms with Crippen molar-refractivity contribution in [2.24, 2.45) is 0 Å². The zero-order valence-corrected chi connectivity index (χ0v) is 11.6. The van der Waals surface area contributed by atoms with Gasteiger partial charge in [-0.15, -0.1) is 0 Å². The van der Waals surface area contributed by atoms with E-state index >= 15 is 0 Å². The maximum absolute atomic E-state index is 5.65. The van der Waals surface area contributed by atoms with Crippen LogP contribution in [0.25, 0.3) is 0 Å². The molecule has 6 nitrogen and oxygen atoms in total. The van der Waals surface area contributed by atoms with Gasteiger partial charge in [-0.1, -0.05) is 24.3 Å². The van der Waals surface area contributed by atoms with Crippen molar-refractivity contribution in [1.82, 2.24) is 0 Å². The molecule has 3 rings (SSSR count). The Morgan fingerprint density at radius 3 is 2.05 bits per heavy atom. The lowest BCUT2D eigenvalue weighted by atomic mass is 10.1. The van der Waals surface area contributed by atoms with Gasteiger partial charge in [0.2, 0.25) is 0 Å². The molecule has 0 bridgehead atoms. The van der Waals surface area contributed by atoms with Crippen LogP contribution < -0.4 is 0 Å². The second kappa shape index (κ2) is 5.40. The van der Waals surface area contributed by atoms with Gasteiger partial charge in [-0.2, -0.15) is 19.6 Å². The van der Waals surface area contributed by atoms with Crippen LogP contribution in [0.4, 0.5) is 0 Å². The first-order chi connectivity index (χ1) is 9.69. The van der Waals surface area contributed by atoms with Crippen LogP contribution in [0.15, 0.2) is 24.3 Å². The van der Waals surface area contributed by atoms with Gasteiger partial charge in [0.05, 0.1) is 6.61 Å². The molecule has 2 aliphatic heterocycles. The first kappa shape index (κ1) is 13.9. The predicted molar refractivity (Wildman–Crippen MR) is 66.9 cm³/mol. The molecule has 1 aromatic carbocycles. The molecule has 110 valence electrons. The minimum Gasteiger partial charge on any atom is -0.385 e. The molecular formula is C14H18O6. The van der Waals surface area contributed by atoms with Crippen LogP contribution in [0, 0.1) is 0 Å². The largest absolute Gasteiger partial charge is 0.385 e. The topological polar surface area (TPSA) is 68.6 Å². The zero-order valence-electron chi connectivity index (χ0n) is 11.6. The summed E-state index contributed by atoms with van der Waals surface area (Å²) in [5.41, 5.74) is 1.76. The highest BCUT2D eigenvalue weighted by Gasteiger charge is 2.53. The third kappa shape index (κ3) is 2.85. The van der Waals surface area contributed by atoms with Crippen molar-refractivity contribution in [3.8, 4) is 0 Å². The van der Waals surface area contributed by atoms with E-state index in [1.165, 1.54) is 0 Å². The second-order valence-corrected chi connectivity index (χ2v) is 4.96. The number of ether oxygens (including phenoxy) is 2. The fourth-order valence-electron chi connectivity index (χ4n) is 1.96. The Hall–Kier alpha value is -1.02. The summed E-state index contributed by atoms with van der Waals surface area (Å²) < 4.78 is 10.6. The van der Waals surface area contributed by atoms with E-state index in [2.05, 4.69) is 0 Å². The summed E-state index contributed by atoms with van der Waals surface area (Å²) >= 11 is 0. The van der Waals surface area contributed by atoms with Crippen LogP contribution in [0.5, 0.6) is 0 Å². The summed E-state index contributed by atoms with van der Waals surface area (Å²) in [4.78, 5) is 19.9. The highest BCUT2D eigenvalue weighted by Crippen LogP contribution is 2.44. The van der Waals surface area contributed by atoms with E-state index < -0.39 is 11.8 Å². The number of methoxy groups -OCH3 is 1. The van der Waals surface area contributed by atoms with E-state index in [4.69, 9.17) is 29.0 Å². The molecule has 2 heterocycles. The smallest absolute Gasteiger partial charge is 0.367 e. The number of rotatable bonds is 8. The normalized spacial score (nSPS) is 21.7. The van der Waals surface area contributed by atoms with Crippen molar-refractivity contribution in [3.05, 3.63) is 35.4 Å². The third-order valence-electron chi connectivity index (χ3n) is 3.37. The lowest BCUT2D eigenvalue weighted by Crippen LogP contribution is -2.15. The first-order valence-electron chi connectivity index (χ1n) is 6.66. The standard InChI is InChI=1S/C14H18O6/c1-13(17-18-13)11-5-7-12(8-6-11)14(19-20-14)16-10-4-3-9-15-2/h5-8H,3-4,9-10H2,1-2H3. The summed E-state index contributed by atoms with van der Waals surface area (Å²) in [6, 6.07) is 7.58. The van der Waals surface area contributed by atoms with Crippen LogP contribution in [0.1, 0.15) is 30.9 Å². The molecule has 6 heteroatoms. The maximum Gasteiger partial charge on any atom is 0.367 e. The molecule has 0 saturated carbocycles. The van der Waals surface area contributed by atoms with Gasteiger partial charge in [-0.3, -0.25) is 0 Å². The zero-order chi connectivity index (χ0) is 14.1. The van der Waals surface area contributed by atoms with Crippen LogP contribution in [-0.4, -0.2) is 20.3 Å². The van der Waals surface area contributed by atoms with E-state index in [0.717, 1.165) is 30.6 Å². The Balaban J connectivity index is 1.55. The van der Waals surface area contributed by atoms with Gasteiger partial charge in [0.25, 0.3) is 5.79 Å². The average Bonchev–Trinajstić information content (AvgIpc) is 3.37. The molecule has 0 N–H and O–H groups in total. The predicted octanol–water partition coefficient (Wildman–Crippen LogP) is 2.34. The van der Waals surface area contributed by atoms with Crippen molar-refractivity contribution in [1.29, 1.82) is 0 Å². The quantitative estimate of drug-likeness (QED) is 0.414. The highest BCUT2D eigenvalue weighted by atomic mass is 17.4. The first-order valence-corrected chi connectivity index (χ1v) is 6.66. The lowest BCUT2D eigenvalue weighted by molar-refractivity contribution is -0.0623. The van der Waals surface area contributed by atoms with Gasteiger partial charge in [-0.05, 0) is 19.8 Å². The molecule has 0 aliphatic carbocycles. The monoisotopic (exact) mass is 282 g/mol. The summed E-state index contributed by atoms with van der Waals surface area (Å²) in [6.45, 7) is 3.13. The molecule has 0 spiro atoms. The number of hydrogen-bond acceptors (Lipinski definition) is 6. The molecule has 20 heavy (non-hydrogen) atoms. The molecule has 0 atom stereocenters. The van der Waals surface area contributed by atoms with Gasteiger partial charge in [0.15, 0.2) is 0 Å². The van der Waals surface area contributed by atoms with Gasteiger partial charge >= 0.3 is 5.97 Å². The van der Waals surface area contributed by atoms with Crippen LogP contribution in [0.3, 0.4) is 0 Å². The molecule has 2 fully saturated rings. The minimum absolute atomic E-state index is 0.551. The molecule has 0 aromatic heterocycles. The molecule has 2 saturated heterocycles. The Morgan fingerprint density at radius 2 is 1.50 bits per heavy atom. The van der Waals surface area contributed by atoms with Crippen LogP contribution in [-0.2, 0) is 40.8 Å². The van der Waals surface area contributed by atoms with Gasteiger partial charge < -0.3 is 9.47 Å². The van der Waals surface area contributed by atoms with Gasteiger partial charge in [-0.25, -0.2) is 0 Å². The molecule has 2 aliphatic rings. The van der Waals surface area contributed by atoms with Crippen molar-refractivity contribution in [2.75, 3.05) is 20.3 Å². The second-order valence-electron chi connectivity index (χ2n) is 4.96. The van der Waals surface area contributed by atoms with Gasteiger partial charge in [0.1, 0.15) is 0 Å². The van der Waals surface area contributed by atoms with E-state index in [-0.39, 0.29) is 0 Å². The average molecular weight is 282 g/mol. The molecular weight excluding hydrogens is 264 g/mol. The van der Waals surface area contributed by atoms with Gasteiger partial charge in [0, 0.05) is 24.8 Å². The highest BCUT2D eigenvalue weighted by molar-refractivity contribution is 5.28. The van der Waals surface area contributed by atoms with E-state index in [9.17, 15) is 0 Å². The fourth-order valence-corrected chi connectivity index (χ4v) is 1.96. The van der Waals surface area contributed by atoms with Crippen molar-refractivity contribution < 1.29 is 29.0 Å². The summed E-state index contributed by atoms with van der Waals surface area (Å²) in [7, 11) is 1.69. The summed E-state index contributed by atoms with van der Waals surface area (Å²) in [6.07, 6.45) is 1.83. The summed E-state index contributed by atoms with van der Waals surface area (Å²) in [5, 5.41) is 0. The van der Waals surface area contributed by atoms with Crippen molar-refractivity contribution in [2.45, 2.75) is 31.5 Å². The SMILES string of the molecule is COCCCCOC1(c2ccc(C3(C)OO3)cc2)OO1. The Bertz CT molecular complexity index is 449. The minimum atomic E-state index is -1.04. The Labute approximate surface area is 117 Å². The van der Waals surface area contributed by atoms with Crippen molar-refractivity contribution >= 4 is 0 Å². The summed E-state index contributed by atoms with van der Waals surface area (Å²) in [5.74, 6) is -1.66. The number of benzene rings is 1. The maximum atomic E-state index is 5.65. The van der Waals surface area contributed by atoms with E-state index in [1.807, 2.05) is 31.2 Å². The Kier molecular flexibility index (Phi) is 3.76. The van der Waals surface area contributed by atoms with Crippen molar-refractivity contribution in [3.63, 3.8) is 0 Å². The fraction of sp³-hybridized carbons (Fsp3) is 0.571. The molecule has 1 aromatic rings. The van der Waals surface area contributed by atoms with E-state index in [0.29, 0.717) is 6.61 Å².